The fourth-order valence-electron chi connectivity index (χ4n) is 10.7. The molecule has 12 rings (SSSR count). The van der Waals surface area contributed by atoms with Crippen LogP contribution in [0.2, 0.25) is 0 Å². The zero-order valence-electron chi connectivity index (χ0n) is 34.3. The molecule has 7 aromatic carbocycles. The monoisotopic (exact) mass is 788 g/mol. The minimum atomic E-state index is -0.170. The van der Waals surface area contributed by atoms with Gasteiger partial charge in [0.2, 0.25) is 0 Å². The summed E-state index contributed by atoms with van der Waals surface area (Å²) in [5.41, 5.74) is 18.1. The van der Waals surface area contributed by atoms with Crippen LogP contribution < -0.4 is 0 Å². The fourth-order valence-corrected chi connectivity index (χ4v) is 12.0. The van der Waals surface area contributed by atoms with E-state index in [1.165, 1.54) is 114 Å². The number of thiophene rings is 1. The van der Waals surface area contributed by atoms with Crippen LogP contribution in [0.5, 0.6) is 0 Å². The first kappa shape index (κ1) is 35.3. The number of fused-ring (bicyclic) bond motifs is 12. The second-order valence-electron chi connectivity index (χ2n) is 17.1. The van der Waals surface area contributed by atoms with E-state index in [4.69, 9.17) is 0 Å². The molecule has 1 unspecified atom stereocenters. The molecule has 0 spiro atoms. The highest BCUT2D eigenvalue weighted by Gasteiger charge is 2.36. The molecule has 3 heteroatoms. The summed E-state index contributed by atoms with van der Waals surface area (Å²) in [6.45, 7) is 9.02. The Morgan fingerprint density at radius 3 is 2.15 bits per heavy atom. The van der Waals surface area contributed by atoms with Crippen molar-refractivity contribution in [1.82, 2.24) is 9.13 Å². The van der Waals surface area contributed by atoms with Gasteiger partial charge in [0.05, 0.1) is 16.6 Å². The molecule has 0 saturated heterocycles. The maximum atomic E-state index is 2.52. The lowest BCUT2D eigenvalue weighted by Crippen LogP contribution is -2.15. The smallest absolute Gasteiger partial charge is 0.0541 e. The van der Waals surface area contributed by atoms with Crippen LogP contribution in [0.4, 0.5) is 0 Å². The standard InChI is InChI=1S/C57H44N2S/c1-5-14-38(6-2)58-51-20-10-7-15-43(51)47-31-35(24-29-53(47)58)36-23-27-41-42-28-26-39(34-50(42)57(3,4)49(41)33-36)59-52-21-11-8-16-44(52)48-32-37(25-30-54(48)59)40-18-13-19-46-45-17-9-12-22-55(45)60-56(40)46/h5-31,33-34,37H,32H2,1-4H3/b14-5-,38-6+. The van der Waals surface area contributed by atoms with E-state index in [-0.39, 0.29) is 5.41 Å². The van der Waals surface area contributed by atoms with E-state index < -0.39 is 0 Å². The van der Waals surface area contributed by atoms with Gasteiger partial charge in [0.15, 0.2) is 0 Å². The Labute approximate surface area is 354 Å². The zero-order chi connectivity index (χ0) is 40.3. The molecule has 3 heterocycles. The second kappa shape index (κ2) is 13.2. The Balaban J connectivity index is 0.931. The molecule has 288 valence electrons. The molecule has 2 aliphatic rings. The molecule has 0 bridgehead atoms. The maximum absolute atomic E-state index is 2.52. The Bertz CT molecular complexity index is 3520. The molecule has 1 atom stereocenters. The molecule has 0 amide bonds. The van der Waals surface area contributed by atoms with Gasteiger partial charge in [-0.05, 0) is 125 Å². The van der Waals surface area contributed by atoms with Crippen LogP contribution in [-0.4, -0.2) is 9.13 Å². The first-order valence-corrected chi connectivity index (χ1v) is 22.1. The molecule has 0 N–H and O–H groups in total. The molecular formula is C57H44N2S. The summed E-state index contributed by atoms with van der Waals surface area (Å²) in [5, 5.41) is 6.63. The molecule has 0 saturated carbocycles. The summed E-state index contributed by atoms with van der Waals surface area (Å²) in [4.78, 5) is 0. The highest BCUT2D eigenvalue weighted by molar-refractivity contribution is 7.26. The van der Waals surface area contributed by atoms with Gasteiger partial charge in [0.25, 0.3) is 0 Å². The number of para-hydroxylation sites is 2. The van der Waals surface area contributed by atoms with Crippen LogP contribution in [0.1, 0.15) is 61.6 Å². The summed E-state index contributed by atoms with van der Waals surface area (Å²) in [6, 6.07) is 54.9. The Kier molecular flexibility index (Phi) is 7.74. The Morgan fingerprint density at radius 2 is 1.32 bits per heavy atom. The summed E-state index contributed by atoms with van der Waals surface area (Å²) in [6.07, 6.45) is 12.4. The maximum Gasteiger partial charge on any atom is 0.0541 e. The van der Waals surface area contributed by atoms with Gasteiger partial charge in [0.1, 0.15) is 0 Å². The number of allylic oxidation sites excluding steroid dienone is 5. The van der Waals surface area contributed by atoms with E-state index in [1.807, 2.05) is 11.3 Å². The summed E-state index contributed by atoms with van der Waals surface area (Å²) in [7, 11) is 0. The number of benzene rings is 7. The first-order chi connectivity index (χ1) is 29.4. The van der Waals surface area contributed by atoms with Gasteiger partial charge < -0.3 is 9.13 Å². The average Bonchev–Trinajstić information content (AvgIpc) is 4.00. The number of hydrogen-bond donors (Lipinski definition) is 0. The predicted octanol–water partition coefficient (Wildman–Crippen LogP) is 15.9. The van der Waals surface area contributed by atoms with Crippen LogP contribution in [-0.2, 0) is 11.8 Å². The number of hydrogen-bond acceptors (Lipinski definition) is 1. The highest BCUT2D eigenvalue weighted by Crippen LogP contribution is 2.51. The lowest BCUT2D eigenvalue weighted by Gasteiger charge is -2.23. The highest BCUT2D eigenvalue weighted by atomic mass is 32.1. The molecular weight excluding hydrogens is 745 g/mol. The third-order valence-corrected chi connectivity index (χ3v) is 14.8. The second-order valence-corrected chi connectivity index (χ2v) is 18.2. The lowest BCUT2D eigenvalue weighted by molar-refractivity contribution is 0.660. The van der Waals surface area contributed by atoms with E-state index in [9.17, 15) is 0 Å². The van der Waals surface area contributed by atoms with Crippen LogP contribution in [0.25, 0.3) is 92.6 Å². The van der Waals surface area contributed by atoms with E-state index in [0.717, 1.165) is 6.42 Å². The average molecular weight is 789 g/mol. The van der Waals surface area contributed by atoms with Crippen LogP contribution in [0.3, 0.4) is 0 Å². The fraction of sp³-hybridized carbons (Fsp3) is 0.123. The quantitative estimate of drug-likeness (QED) is 0.154. The van der Waals surface area contributed by atoms with Crippen molar-refractivity contribution in [1.29, 1.82) is 0 Å². The van der Waals surface area contributed by atoms with Crippen molar-refractivity contribution in [2.75, 3.05) is 0 Å². The van der Waals surface area contributed by atoms with Crippen molar-refractivity contribution in [2.45, 2.75) is 45.4 Å². The van der Waals surface area contributed by atoms with Gasteiger partial charge >= 0.3 is 0 Å². The van der Waals surface area contributed by atoms with Crippen LogP contribution in [0.15, 0.2) is 170 Å². The molecule has 10 aromatic rings. The summed E-state index contributed by atoms with van der Waals surface area (Å²) in [5.74, 6) is 0.319. The third-order valence-electron chi connectivity index (χ3n) is 13.6. The van der Waals surface area contributed by atoms with Crippen molar-refractivity contribution < 1.29 is 0 Å². The first-order valence-electron chi connectivity index (χ1n) is 21.3. The molecule has 2 aliphatic carbocycles. The van der Waals surface area contributed by atoms with Crippen LogP contribution in [0, 0.1) is 0 Å². The van der Waals surface area contributed by atoms with E-state index in [2.05, 4.69) is 213 Å². The zero-order valence-corrected chi connectivity index (χ0v) is 35.1. The predicted molar refractivity (Wildman–Crippen MR) is 259 cm³/mol. The van der Waals surface area contributed by atoms with Crippen molar-refractivity contribution in [3.05, 3.63) is 198 Å². The van der Waals surface area contributed by atoms with E-state index in [0.29, 0.717) is 5.92 Å². The Morgan fingerprint density at radius 1 is 0.633 bits per heavy atom. The normalized spacial score (nSPS) is 15.9. The number of aromatic nitrogens is 2. The van der Waals surface area contributed by atoms with Gasteiger partial charge in [-0.2, -0.15) is 0 Å². The van der Waals surface area contributed by atoms with Crippen LogP contribution >= 0.6 is 11.3 Å². The summed E-state index contributed by atoms with van der Waals surface area (Å²) < 4.78 is 7.68. The molecule has 0 fully saturated rings. The lowest BCUT2D eigenvalue weighted by atomic mass is 9.81. The largest absolute Gasteiger partial charge is 0.310 e. The van der Waals surface area contributed by atoms with Crippen molar-refractivity contribution in [2.24, 2.45) is 0 Å². The van der Waals surface area contributed by atoms with Gasteiger partial charge in [-0.1, -0.05) is 129 Å². The SMILES string of the molecule is C/C=C\C(=C/C)n1c2ccccc2c2cc(-c3ccc4c(c3)C(C)(C)c3cc(-n5c6c(c7ccccc75)CC(c5cccc7c5sc5ccccc57)C=C6)ccc3-4)ccc21. The minimum Gasteiger partial charge on any atom is -0.310 e. The van der Waals surface area contributed by atoms with Crippen molar-refractivity contribution in [3.63, 3.8) is 0 Å². The van der Waals surface area contributed by atoms with Crippen molar-refractivity contribution >= 4 is 76.0 Å². The van der Waals surface area contributed by atoms with Crippen molar-refractivity contribution in [3.8, 4) is 27.9 Å². The number of rotatable bonds is 5. The molecule has 60 heavy (non-hydrogen) atoms. The van der Waals surface area contributed by atoms with E-state index >= 15 is 0 Å². The van der Waals surface area contributed by atoms with E-state index in [1.54, 1.807) is 0 Å². The molecule has 0 aliphatic heterocycles. The molecule has 2 nitrogen and oxygen atoms in total. The minimum absolute atomic E-state index is 0.170. The molecule has 3 aromatic heterocycles. The Hall–Kier alpha value is -6.68. The van der Waals surface area contributed by atoms with Gasteiger partial charge in [-0.3, -0.25) is 0 Å². The van der Waals surface area contributed by atoms with Gasteiger partial charge in [-0.15, -0.1) is 11.3 Å². The topological polar surface area (TPSA) is 9.86 Å². The number of nitrogens with zero attached hydrogens (tertiary/aromatic N) is 2. The summed E-state index contributed by atoms with van der Waals surface area (Å²) >= 11 is 1.93. The third kappa shape index (κ3) is 4.99. The van der Waals surface area contributed by atoms with Gasteiger partial charge in [0, 0.05) is 64.7 Å². The van der Waals surface area contributed by atoms with Gasteiger partial charge in [-0.25, -0.2) is 0 Å². The molecule has 0 radical (unpaired) electrons.